The van der Waals surface area contributed by atoms with Gasteiger partial charge in [0.05, 0.1) is 51.8 Å². The van der Waals surface area contributed by atoms with Gasteiger partial charge in [0, 0.05) is 18.1 Å². The highest BCUT2D eigenvalue weighted by Gasteiger charge is 2.50. The van der Waals surface area contributed by atoms with Gasteiger partial charge in [-0.15, -0.1) is 0 Å². The van der Waals surface area contributed by atoms with Crippen LogP contribution in [0.4, 0.5) is 16.2 Å². The fraction of sp³-hybridized carbons (Fsp3) is 0.214. The van der Waals surface area contributed by atoms with Crippen molar-refractivity contribution in [3.05, 3.63) is 131 Å². The summed E-state index contributed by atoms with van der Waals surface area (Å²) in [6, 6.07) is 34.1. The van der Waals surface area contributed by atoms with Gasteiger partial charge in [-0.25, -0.2) is 4.79 Å². The number of ether oxygens (including phenoxy) is 5. The van der Waals surface area contributed by atoms with Crippen molar-refractivity contribution in [2.45, 2.75) is 17.9 Å². The molecule has 53 heavy (non-hydrogen) atoms. The van der Waals surface area contributed by atoms with E-state index >= 15 is 0 Å². The minimum atomic E-state index is -0.706. The van der Waals surface area contributed by atoms with Crippen molar-refractivity contribution in [1.29, 1.82) is 0 Å². The SMILES string of the molecule is COc1ccc([C@H]2[C@H](c3ccccc3)C(=O)N2c2cc(OC)c(OC)c(OC)c2)cc1NC(=O)CNC(=O)OCC1c2ccccc2-c2ccccc21. The second kappa shape index (κ2) is 15.0. The van der Waals surface area contributed by atoms with E-state index in [0.29, 0.717) is 34.4 Å². The first-order chi connectivity index (χ1) is 25.9. The van der Waals surface area contributed by atoms with Gasteiger partial charge in [0.15, 0.2) is 11.5 Å². The lowest BCUT2D eigenvalue weighted by Crippen LogP contribution is -2.53. The third-order valence-corrected chi connectivity index (χ3v) is 9.76. The predicted octanol–water partition coefficient (Wildman–Crippen LogP) is 7.07. The normalized spacial score (nSPS) is 15.8. The monoisotopic (exact) mass is 713 g/mol. The van der Waals surface area contributed by atoms with Crippen LogP contribution in [-0.2, 0) is 14.3 Å². The van der Waals surface area contributed by atoms with E-state index in [4.69, 9.17) is 23.7 Å². The number of carbonyl (C=O) groups excluding carboxylic acids is 3. The highest BCUT2D eigenvalue weighted by Crippen LogP contribution is 2.52. The number of fused-ring (bicyclic) bond motifs is 3. The molecule has 1 aliphatic heterocycles. The van der Waals surface area contributed by atoms with Crippen molar-refractivity contribution in [3.63, 3.8) is 0 Å². The van der Waals surface area contributed by atoms with Gasteiger partial charge >= 0.3 is 6.09 Å². The van der Waals surface area contributed by atoms with Gasteiger partial charge < -0.3 is 39.2 Å². The Morgan fingerprint density at radius 1 is 0.679 bits per heavy atom. The molecule has 0 unspecified atom stereocenters. The molecule has 7 rings (SSSR count). The molecule has 3 amide bonds. The summed E-state index contributed by atoms with van der Waals surface area (Å²) in [7, 11) is 6.05. The average molecular weight is 714 g/mol. The molecule has 2 N–H and O–H groups in total. The predicted molar refractivity (Wildman–Crippen MR) is 200 cm³/mol. The highest BCUT2D eigenvalue weighted by molar-refractivity contribution is 6.07. The van der Waals surface area contributed by atoms with Crippen LogP contribution in [0.2, 0.25) is 0 Å². The van der Waals surface area contributed by atoms with Crippen molar-refractivity contribution in [1.82, 2.24) is 5.32 Å². The first-order valence-electron chi connectivity index (χ1n) is 17.1. The van der Waals surface area contributed by atoms with Crippen LogP contribution in [0, 0.1) is 0 Å². The molecule has 5 aromatic carbocycles. The number of β-lactam (4-membered cyclic amide) rings is 1. The first kappa shape index (κ1) is 34.9. The summed E-state index contributed by atoms with van der Waals surface area (Å²) in [6.45, 7) is -0.210. The Balaban J connectivity index is 1.08. The molecular formula is C42H39N3O8. The number of alkyl carbamates (subject to hydrolysis) is 1. The van der Waals surface area contributed by atoms with E-state index in [1.54, 1.807) is 29.2 Å². The molecule has 1 heterocycles. The van der Waals surface area contributed by atoms with E-state index in [1.165, 1.54) is 28.4 Å². The number of carbonyl (C=O) groups is 3. The Morgan fingerprint density at radius 2 is 1.28 bits per heavy atom. The number of nitrogens with one attached hydrogen (secondary N) is 2. The molecule has 0 aromatic heterocycles. The van der Waals surface area contributed by atoms with Crippen LogP contribution < -0.4 is 34.5 Å². The number of benzene rings is 5. The van der Waals surface area contributed by atoms with Gasteiger partial charge in [-0.1, -0.05) is 84.9 Å². The molecule has 2 atom stereocenters. The molecule has 1 fully saturated rings. The second-order valence-corrected chi connectivity index (χ2v) is 12.6. The minimum absolute atomic E-state index is 0.105. The zero-order valence-electron chi connectivity index (χ0n) is 29.8. The standard InChI is InChI=1S/C42H39N3O8/c1-49-34-19-18-26(39-38(25-12-6-5-7-13-25)41(47)45(39)27-21-35(50-2)40(52-4)36(22-27)51-3)20-33(34)44-37(46)23-43-42(48)53-24-32-30-16-10-8-14-28(30)29-15-9-11-17-31(29)32/h5-22,32,38-39H,23-24H2,1-4H3,(H,43,48)(H,44,46)/t38-,39-/m0/s1. The third kappa shape index (κ3) is 6.57. The van der Waals surface area contributed by atoms with Crippen LogP contribution >= 0.6 is 0 Å². The van der Waals surface area contributed by atoms with Gasteiger partial charge in [-0.2, -0.15) is 0 Å². The largest absolute Gasteiger partial charge is 0.495 e. The molecule has 2 aliphatic rings. The van der Waals surface area contributed by atoms with Gasteiger partial charge in [0.1, 0.15) is 18.9 Å². The lowest BCUT2D eigenvalue weighted by Gasteiger charge is -2.48. The maximum atomic E-state index is 14.0. The van der Waals surface area contributed by atoms with E-state index in [2.05, 4.69) is 22.8 Å². The summed E-state index contributed by atoms with van der Waals surface area (Å²) in [5.41, 5.74) is 6.96. The molecule has 1 aliphatic carbocycles. The molecule has 0 spiro atoms. The smallest absolute Gasteiger partial charge is 0.407 e. The van der Waals surface area contributed by atoms with Crippen molar-refractivity contribution in [2.75, 3.05) is 51.8 Å². The van der Waals surface area contributed by atoms with E-state index in [0.717, 1.165) is 33.4 Å². The third-order valence-electron chi connectivity index (χ3n) is 9.76. The summed E-state index contributed by atoms with van der Waals surface area (Å²) in [6.07, 6.45) is -0.706. The summed E-state index contributed by atoms with van der Waals surface area (Å²) >= 11 is 0. The fourth-order valence-electron chi connectivity index (χ4n) is 7.31. The summed E-state index contributed by atoms with van der Waals surface area (Å²) in [5.74, 6) is 0.401. The van der Waals surface area contributed by atoms with E-state index in [9.17, 15) is 14.4 Å². The van der Waals surface area contributed by atoms with Crippen LogP contribution in [0.1, 0.15) is 40.1 Å². The lowest BCUT2D eigenvalue weighted by atomic mass is 9.77. The number of methoxy groups -OCH3 is 4. The van der Waals surface area contributed by atoms with E-state index < -0.39 is 24.0 Å². The number of amides is 3. The topological polar surface area (TPSA) is 125 Å². The number of hydrogen-bond donors (Lipinski definition) is 2. The van der Waals surface area contributed by atoms with Gasteiger partial charge in [-0.3, -0.25) is 9.59 Å². The van der Waals surface area contributed by atoms with Gasteiger partial charge in [0.25, 0.3) is 0 Å². The summed E-state index contributed by atoms with van der Waals surface area (Å²) in [4.78, 5) is 41.7. The Bertz CT molecular complexity index is 2100. The molecule has 5 aromatic rings. The Kier molecular flexibility index (Phi) is 9.89. The summed E-state index contributed by atoms with van der Waals surface area (Å²) in [5, 5.41) is 5.43. The Hall–Kier alpha value is -6.49. The molecule has 0 saturated carbocycles. The Labute approximate surface area is 307 Å². The maximum absolute atomic E-state index is 14.0. The molecule has 11 heteroatoms. The van der Waals surface area contributed by atoms with E-state index in [1.807, 2.05) is 72.8 Å². The van der Waals surface area contributed by atoms with Gasteiger partial charge in [0.2, 0.25) is 17.6 Å². The van der Waals surface area contributed by atoms with Crippen LogP contribution in [0.3, 0.4) is 0 Å². The number of rotatable bonds is 12. The molecule has 11 nitrogen and oxygen atoms in total. The number of nitrogens with zero attached hydrogens (tertiary/aromatic N) is 1. The minimum Gasteiger partial charge on any atom is -0.495 e. The molecule has 0 radical (unpaired) electrons. The Morgan fingerprint density at radius 3 is 1.89 bits per heavy atom. The average Bonchev–Trinajstić information content (AvgIpc) is 3.51. The van der Waals surface area contributed by atoms with Gasteiger partial charge in [-0.05, 0) is 45.5 Å². The molecule has 0 bridgehead atoms. The van der Waals surface area contributed by atoms with Crippen molar-refractivity contribution < 1.29 is 38.1 Å². The quantitative estimate of drug-likeness (QED) is 0.132. The zero-order chi connectivity index (χ0) is 37.1. The van der Waals surface area contributed by atoms with Crippen molar-refractivity contribution in [3.8, 4) is 34.1 Å². The molecular weight excluding hydrogens is 674 g/mol. The second-order valence-electron chi connectivity index (χ2n) is 12.6. The maximum Gasteiger partial charge on any atom is 0.407 e. The van der Waals surface area contributed by atoms with Crippen LogP contribution in [0.25, 0.3) is 11.1 Å². The van der Waals surface area contributed by atoms with E-state index in [-0.39, 0.29) is 25.0 Å². The fourth-order valence-corrected chi connectivity index (χ4v) is 7.31. The summed E-state index contributed by atoms with van der Waals surface area (Å²) < 4.78 is 27.9. The lowest BCUT2D eigenvalue weighted by molar-refractivity contribution is -0.126. The first-order valence-corrected chi connectivity index (χ1v) is 17.1. The number of hydrogen-bond acceptors (Lipinski definition) is 8. The number of anilines is 2. The molecule has 1 saturated heterocycles. The van der Waals surface area contributed by atoms with Crippen LogP contribution in [0.15, 0.2) is 109 Å². The van der Waals surface area contributed by atoms with Crippen LogP contribution in [-0.4, -0.2) is 59.5 Å². The van der Waals surface area contributed by atoms with Crippen molar-refractivity contribution in [2.24, 2.45) is 0 Å². The zero-order valence-corrected chi connectivity index (χ0v) is 29.8. The highest BCUT2D eigenvalue weighted by atomic mass is 16.5. The van der Waals surface area contributed by atoms with Crippen LogP contribution in [0.5, 0.6) is 23.0 Å². The van der Waals surface area contributed by atoms with Crippen molar-refractivity contribution >= 4 is 29.3 Å². The molecule has 270 valence electrons.